The van der Waals surface area contributed by atoms with Crippen LogP contribution in [0.2, 0.25) is 5.02 Å². The van der Waals surface area contributed by atoms with Crippen LogP contribution >= 0.6 is 11.6 Å². The molecule has 2 amide bonds. The number of non-ortho nitro benzene ring substituents is 1. The van der Waals surface area contributed by atoms with E-state index < -0.39 is 47.3 Å². The number of nitrogens with one attached hydrogen (secondary N) is 2. The molecular formula is C27H24ClFN6O6. The number of halogens is 2. The molecule has 212 valence electrons. The zero-order valence-electron chi connectivity index (χ0n) is 21.5. The Bertz CT molecular complexity index is 1680. The van der Waals surface area contributed by atoms with Crippen molar-refractivity contribution in [3.05, 3.63) is 87.3 Å². The number of hydrogen-bond donors (Lipinski definition) is 4. The lowest BCUT2D eigenvalue weighted by Crippen LogP contribution is -2.61. The highest BCUT2D eigenvalue weighted by Crippen LogP contribution is 2.33. The summed E-state index contributed by atoms with van der Waals surface area (Å²) in [5.41, 5.74) is 3.92. The summed E-state index contributed by atoms with van der Waals surface area (Å²) in [4.78, 5) is 47.6. The number of aliphatic hydroxyl groups is 1. The fraction of sp³-hybridized carbons (Fsp3) is 0.185. The van der Waals surface area contributed by atoms with Crippen molar-refractivity contribution in [1.29, 1.82) is 0 Å². The number of rotatable bonds is 11. The van der Waals surface area contributed by atoms with Crippen LogP contribution in [0.15, 0.2) is 60.7 Å². The molecule has 2 atom stereocenters. The van der Waals surface area contributed by atoms with Crippen molar-refractivity contribution in [2.24, 2.45) is 5.73 Å². The number of nitro groups is 1. The van der Waals surface area contributed by atoms with Gasteiger partial charge >= 0.3 is 0 Å². The Labute approximate surface area is 237 Å². The van der Waals surface area contributed by atoms with Crippen LogP contribution in [0.25, 0.3) is 22.0 Å². The van der Waals surface area contributed by atoms with E-state index in [-0.39, 0.29) is 33.5 Å². The molecule has 5 N–H and O–H groups in total. The number of carbonyl (C=O) groups is 3. The van der Waals surface area contributed by atoms with Crippen molar-refractivity contribution in [2.45, 2.75) is 25.0 Å². The van der Waals surface area contributed by atoms with E-state index in [2.05, 4.69) is 15.7 Å². The third-order valence-electron chi connectivity index (χ3n) is 6.52. The van der Waals surface area contributed by atoms with E-state index in [4.69, 9.17) is 17.3 Å². The summed E-state index contributed by atoms with van der Waals surface area (Å²) < 4.78 is 16.6. The Hall–Kier alpha value is -4.88. The first kappa shape index (κ1) is 29.1. The first-order valence-corrected chi connectivity index (χ1v) is 12.5. The molecule has 3 aromatic carbocycles. The van der Waals surface area contributed by atoms with Gasteiger partial charge in [0.1, 0.15) is 18.9 Å². The van der Waals surface area contributed by atoms with Crippen LogP contribution in [0.3, 0.4) is 0 Å². The molecule has 0 saturated heterocycles. The second kappa shape index (κ2) is 11.7. The molecular weight excluding hydrogens is 559 g/mol. The first-order valence-electron chi connectivity index (χ1n) is 12.1. The van der Waals surface area contributed by atoms with Crippen LogP contribution in [0, 0.1) is 15.9 Å². The van der Waals surface area contributed by atoms with Gasteiger partial charge in [0.15, 0.2) is 11.5 Å². The lowest BCUT2D eigenvalue weighted by atomic mass is 9.93. The Balaban J connectivity index is 1.59. The van der Waals surface area contributed by atoms with Crippen LogP contribution in [0.4, 0.5) is 15.8 Å². The Morgan fingerprint density at radius 2 is 1.93 bits per heavy atom. The van der Waals surface area contributed by atoms with Crippen LogP contribution in [0.5, 0.6) is 0 Å². The van der Waals surface area contributed by atoms with Crippen molar-refractivity contribution >= 4 is 52.0 Å². The van der Waals surface area contributed by atoms with Crippen molar-refractivity contribution < 1.29 is 28.8 Å². The molecule has 0 saturated carbocycles. The Kier molecular flexibility index (Phi) is 8.31. The molecule has 1 unspecified atom stereocenters. The molecule has 12 nitrogen and oxygen atoms in total. The van der Waals surface area contributed by atoms with E-state index in [1.54, 1.807) is 30.3 Å². The van der Waals surface area contributed by atoms with Crippen molar-refractivity contribution in [2.75, 3.05) is 11.9 Å². The Morgan fingerprint density at radius 1 is 1.22 bits per heavy atom. The minimum atomic E-state index is -1.63. The number of anilines is 1. The van der Waals surface area contributed by atoms with Gasteiger partial charge in [0.05, 0.1) is 28.3 Å². The van der Waals surface area contributed by atoms with Crippen molar-refractivity contribution in [3.63, 3.8) is 0 Å². The summed E-state index contributed by atoms with van der Waals surface area (Å²) in [6.07, 6.45) is 0.422. The predicted molar refractivity (Wildman–Crippen MR) is 149 cm³/mol. The number of primary amides is 1. The molecule has 0 bridgehead atoms. The lowest BCUT2D eigenvalue weighted by molar-refractivity contribution is -0.384. The van der Waals surface area contributed by atoms with Gasteiger partial charge in [-0.25, -0.2) is 4.39 Å². The van der Waals surface area contributed by atoms with Gasteiger partial charge in [-0.05, 0) is 25.1 Å². The number of aromatic nitrogens is 2. The minimum absolute atomic E-state index is 0.0702. The van der Waals surface area contributed by atoms with Crippen molar-refractivity contribution in [1.82, 2.24) is 15.1 Å². The molecule has 0 spiro atoms. The number of aldehydes is 1. The highest BCUT2D eigenvalue weighted by Gasteiger charge is 2.36. The van der Waals surface area contributed by atoms with Gasteiger partial charge < -0.3 is 26.3 Å². The molecule has 4 rings (SSSR count). The van der Waals surface area contributed by atoms with Gasteiger partial charge in [0.25, 0.3) is 11.6 Å². The quantitative estimate of drug-likeness (QED) is 0.118. The van der Waals surface area contributed by atoms with Gasteiger partial charge in [-0.2, -0.15) is 5.10 Å². The van der Waals surface area contributed by atoms with E-state index in [1.165, 1.54) is 31.2 Å². The Morgan fingerprint density at radius 3 is 2.56 bits per heavy atom. The van der Waals surface area contributed by atoms with E-state index in [0.717, 1.165) is 10.7 Å². The molecule has 1 heterocycles. The molecule has 0 fully saturated rings. The fourth-order valence-electron chi connectivity index (χ4n) is 4.34. The lowest BCUT2D eigenvalue weighted by Gasteiger charge is -2.35. The second-order valence-electron chi connectivity index (χ2n) is 9.36. The number of benzene rings is 3. The monoisotopic (exact) mass is 582 g/mol. The van der Waals surface area contributed by atoms with Gasteiger partial charge in [-0.1, -0.05) is 41.9 Å². The molecule has 0 aliphatic rings. The van der Waals surface area contributed by atoms with Crippen molar-refractivity contribution in [3.8, 4) is 11.1 Å². The van der Waals surface area contributed by atoms with Gasteiger partial charge in [-0.15, -0.1) is 0 Å². The maximum Gasteiger partial charge on any atom is 0.270 e. The number of carbonyl (C=O) groups excluding carboxylic acids is 3. The average molecular weight is 583 g/mol. The van der Waals surface area contributed by atoms with Gasteiger partial charge in [0.2, 0.25) is 5.91 Å². The number of amides is 2. The van der Waals surface area contributed by atoms with Crippen LogP contribution in [-0.4, -0.2) is 56.1 Å². The zero-order chi connectivity index (χ0) is 29.9. The maximum absolute atomic E-state index is 15.5. The summed E-state index contributed by atoms with van der Waals surface area (Å²) in [5, 5.41) is 31.1. The molecule has 4 aromatic rings. The van der Waals surface area contributed by atoms with Gasteiger partial charge in [-0.3, -0.25) is 24.4 Å². The minimum Gasteiger partial charge on any atom is -0.394 e. The number of nitro benzene ring substituents is 1. The highest BCUT2D eigenvalue weighted by molar-refractivity contribution is 6.33. The van der Waals surface area contributed by atoms with E-state index in [9.17, 15) is 29.6 Å². The molecule has 0 aliphatic carbocycles. The van der Waals surface area contributed by atoms with Crippen LogP contribution in [0.1, 0.15) is 17.4 Å². The van der Waals surface area contributed by atoms with E-state index >= 15 is 4.39 Å². The summed E-state index contributed by atoms with van der Waals surface area (Å²) in [5.74, 6) is -2.39. The molecule has 1 aromatic heterocycles. The normalized spacial score (nSPS) is 13.3. The summed E-state index contributed by atoms with van der Waals surface area (Å²) in [7, 11) is 0. The topological polar surface area (TPSA) is 182 Å². The van der Waals surface area contributed by atoms with E-state index in [0.29, 0.717) is 16.9 Å². The molecule has 14 heteroatoms. The largest absolute Gasteiger partial charge is 0.394 e. The summed E-state index contributed by atoms with van der Waals surface area (Å²) in [6.45, 7) is 0.158. The maximum atomic E-state index is 15.5. The first-order chi connectivity index (χ1) is 19.5. The number of hydrogen-bond acceptors (Lipinski definition) is 8. The smallest absolute Gasteiger partial charge is 0.270 e. The number of fused-ring (bicyclic) bond motifs is 1. The third-order valence-corrected chi connectivity index (χ3v) is 6.85. The number of nitrogens with zero attached hydrogens (tertiary/aromatic N) is 3. The standard InChI is InChI=1S/C27H24ClFN6O6/c1-27(14-37,22(13-36)31-20-8-4-6-17(24(20)29)16-5-2-3-7-19(16)28)32-23(38)12-34-21-10-9-15(35(40)41)11-18(21)25(33-34)26(30)39/h2-11,13,22,31,37H,12,14H2,1H3,(H2,30,39)(H,32,38)/t22?,27-/m0/s1. The zero-order valence-corrected chi connectivity index (χ0v) is 22.3. The number of aliphatic hydroxyl groups excluding tert-OH is 1. The second-order valence-corrected chi connectivity index (χ2v) is 9.77. The van der Waals surface area contributed by atoms with Crippen LogP contribution < -0.4 is 16.4 Å². The summed E-state index contributed by atoms with van der Waals surface area (Å²) >= 11 is 6.23. The summed E-state index contributed by atoms with van der Waals surface area (Å²) in [6, 6.07) is 13.4. The molecule has 0 radical (unpaired) electrons. The number of nitrogens with two attached hydrogens (primary N) is 1. The third kappa shape index (κ3) is 5.85. The van der Waals surface area contributed by atoms with Crippen LogP contribution in [-0.2, 0) is 16.1 Å². The fourth-order valence-corrected chi connectivity index (χ4v) is 4.57. The highest BCUT2D eigenvalue weighted by atomic mass is 35.5. The average Bonchev–Trinajstić information content (AvgIpc) is 3.30. The molecule has 0 aliphatic heterocycles. The molecule has 41 heavy (non-hydrogen) atoms. The van der Waals surface area contributed by atoms with Gasteiger partial charge in [0, 0.05) is 33.7 Å². The van der Waals surface area contributed by atoms with E-state index in [1.807, 2.05) is 0 Å². The predicted octanol–water partition coefficient (Wildman–Crippen LogP) is 3.05. The SMILES string of the molecule is C[C@@](CO)(NC(=O)Cn1nc(C(N)=O)c2cc([N+](=O)[O-])ccc21)C(C=O)Nc1cccc(-c2ccccc2Cl)c1F.